The van der Waals surface area contributed by atoms with E-state index in [1.807, 2.05) is 24.3 Å². The highest BCUT2D eigenvalue weighted by atomic mass is 16.5. The van der Waals surface area contributed by atoms with Gasteiger partial charge in [-0.25, -0.2) is 4.98 Å². The summed E-state index contributed by atoms with van der Waals surface area (Å²) in [5.74, 6) is 1.18. The van der Waals surface area contributed by atoms with Crippen LogP contribution in [-0.2, 0) is 19.3 Å². The maximum atomic E-state index is 7.74. The summed E-state index contributed by atoms with van der Waals surface area (Å²) in [5, 5.41) is 7.74. The van der Waals surface area contributed by atoms with Crippen molar-refractivity contribution in [2.45, 2.75) is 32.6 Å². The lowest BCUT2D eigenvalue weighted by molar-refractivity contribution is 0.459. The van der Waals surface area contributed by atoms with Crippen molar-refractivity contribution < 1.29 is 4.74 Å². The standard InChI is InChI=1S/C17H19N3O/c1-2-11-5-3-7-13(9-11)21-17-14(16(18)19)10-12-6-4-8-15(12)20-17/h3,5,7,9-10H,2,4,6,8H2,1H3,(H3,18,19). The van der Waals surface area contributed by atoms with Gasteiger partial charge in [0.15, 0.2) is 0 Å². The number of aryl methyl sites for hydroxylation is 3. The van der Waals surface area contributed by atoms with Gasteiger partial charge in [0.1, 0.15) is 11.6 Å². The van der Waals surface area contributed by atoms with E-state index in [1.165, 1.54) is 11.1 Å². The normalized spacial score (nSPS) is 13.0. The third kappa shape index (κ3) is 2.75. The van der Waals surface area contributed by atoms with Crippen LogP contribution in [0.4, 0.5) is 0 Å². The highest BCUT2D eigenvalue weighted by molar-refractivity contribution is 5.97. The number of rotatable bonds is 4. The van der Waals surface area contributed by atoms with Crippen molar-refractivity contribution in [2.24, 2.45) is 5.73 Å². The molecule has 1 aliphatic rings. The molecule has 1 aromatic carbocycles. The summed E-state index contributed by atoms with van der Waals surface area (Å²) in [6.07, 6.45) is 4.04. The highest BCUT2D eigenvalue weighted by Gasteiger charge is 2.19. The maximum absolute atomic E-state index is 7.74. The number of nitrogens with zero attached hydrogens (tertiary/aromatic N) is 1. The van der Waals surface area contributed by atoms with Crippen LogP contribution in [-0.4, -0.2) is 10.8 Å². The van der Waals surface area contributed by atoms with Crippen LogP contribution in [0.5, 0.6) is 11.6 Å². The predicted octanol–water partition coefficient (Wildman–Crippen LogP) is 3.21. The number of amidine groups is 1. The Morgan fingerprint density at radius 1 is 1.33 bits per heavy atom. The summed E-state index contributed by atoms with van der Waals surface area (Å²) in [6, 6.07) is 9.89. The van der Waals surface area contributed by atoms with Crippen molar-refractivity contribution in [3.8, 4) is 11.6 Å². The Kier molecular flexibility index (Phi) is 3.60. The van der Waals surface area contributed by atoms with Crippen LogP contribution in [0.3, 0.4) is 0 Å². The zero-order valence-electron chi connectivity index (χ0n) is 12.1. The summed E-state index contributed by atoms with van der Waals surface area (Å²) >= 11 is 0. The number of nitrogens with two attached hydrogens (primary N) is 1. The number of fused-ring (bicyclic) bond motifs is 1. The zero-order valence-corrected chi connectivity index (χ0v) is 12.1. The Morgan fingerprint density at radius 3 is 2.95 bits per heavy atom. The van der Waals surface area contributed by atoms with Gasteiger partial charge in [-0.1, -0.05) is 19.1 Å². The molecular weight excluding hydrogens is 262 g/mol. The van der Waals surface area contributed by atoms with E-state index in [-0.39, 0.29) is 5.84 Å². The Morgan fingerprint density at radius 2 is 2.19 bits per heavy atom. The second kappa shape index (κ2) is 5.56. The van der Waals surface area contributed by atoms with Crippen LogP contribution in [0.1, 0.15) is 35.7 Å². The molecule has 4 heteroatoms. The van der Waals surface area contributed by atoms with Crippen LogP contribution < -0.4 is 10.5 Å². The van der Waals surface area contributed by atoms with Crippen molar-refractivity contribution in [1.29, 1.82) is 5.41 Å². The van der Waals surface area contributed by atoms with Gasteiger partial charge >= 0.3 is 0 Å². The van der Waals surface area contributed by atoms with E-state index in [2.05, 4.69) is 18.0 Å². The van der Waals surface area contributed by atoms with E-state index in [4.69, 9.17) is 15.9 Å². The molecule has 2 aromatic rings. The fourth-order valence-corrected chi connectivity index (χ4v) is 2.66. The van der Waals surface area contributed by atoms with Crippen molar-refractivity contribution in [3.05, 3.63) is 52.7 Å². The second-order valence-electron chi connectivity index (χ2n) is 5.32. The molecule has 0 saturated heterocycles. The molecule has 0 spiro atoms. The average Bonchev–Trinajstić information content (AvgIpc) is 2.93. The largest absolute Gasteiger partial charge is 0.438 e. The average molecular weight is 281 g/mol. The van der Waals surface area contributed by atoms with Crippen LogP contribution >= 0.6 is 0 Å². The Balaban J connectivity index is 1.99. The van der Waals surface area contributed by atoms with Gasteiger partial charge in [-0.05, 0) is 55.0 Å². The Labute approximate surface area is 124 Å². The van der Waals surface area contributed by atoms with Crippen molar-refractivity contribution in [2.75, 3.05) is 0 Å². The number of pyridine rings is 1. The Hall–Kier alpha value is -2.36. The SMILES string of the molecule is CCc1cccc(Oc2nc3c(cc2C(=N)N)CCC3)c1. The molecule has 0 atom stereocenters. The molecule has 0 saturated carbocycles. The lowest BCUT2D eigenvalue weighted by atomic mass is 10.1. The minimum atomic E-state index is -0.00107. The third-order valence-corrected chi connectivity index (χ3v) is 3.83. The van der Waals surface area contributed by atoms with E-state index in [9.17, 15) is 0 Å². The number of aromatic nitrogens is 1. The topological polar surface area (TPSA) is 72.0 Å². The fraction of sp³-hybridized carbons (Fsp3) is 0.294. The van der Waals surface area contributed by atoms with E-state index in [0.29, 0.717) is 11.4 Å². The number of ether oxygens (including phenoxy) is 1. The molecule has 108 valence electrons. The lowest BCUT2D eigenvalue weighted by Crippen LogP contribution is -2.14. The highest BCUT2D eigenvalue weighted by Crippen LogP contribution is 2.29. The first kappa shape index (κ1) is 13.6. The molecular formula is C17H19N3O. The number of hydrogen-bond donors (Lipinski definition) is 2. The number of nitrogens with one attached hydrogen (secondary N) is 1. The zero-order chi connectivity index (χ0) is 14.8. The van der Waals surface area contributed by atoms with Crippen LogP contribution in [0.15, 0.2) is 30.3 Å². The smallest absolute Gasteiger partial charge is 0.230 e. The molecule has 3 rings (SSSR count). The molecule has 4 nitrogen and oxygen atoms in total. The minimum Gasteiger partial charge on any atom is -0.438 e. The molecule has 0 radical (unpaired) electrons. The summed E-state index contributed by atoms with van der Waals surface area (Å²) in [5.41, 5.74) is 9.73. The van der Waals surface area contributed by atoms with E-state index >= 15 is 0 Å². The van der Waals surface area contributed by atoms with Gasteiger partial charge in [0, 0.05) is 5.69 Å². The van der Waals surface area contributed by atoms with Gasteiger partial charge in [-0.3, -0.25) is 5.41 Å². The van der Waals surface area contributed by atoms with Crippen LogP contribution in [0.25, 0.3) is 0 Å². The molecule has 1 aliphatic carbocycles. The summed E-state index contributed by atoms with van der Waals surface area (Å²) < 4.78 is 5.91. The van der Waals surface area contributed by atoms with Gasteiger partial charge < -0.3 is 10.5 Å². The van der Waals surface area contributed by atoms with E-state index in [0.717, 1.165) is 37.1 Å². The summed E-state index contributed by atoms with van der Waals surface area (Å²) in [6.45, 7) is 2.10. The van der Waals surface area contributed by atoms with Crippen molar-refractivity contribution in [3.63, 3.8) is 0 Å². The molecule has 1 aromatic heterocycles. The first-order chi connectivity index (χ1) is 10.2. The summed E-state index contributed by atoms with van der Waals surface area (Å²) in [4.78, 5) is 4.58. The molecule has 1 heterocycles. The second-order valence-corrected chi connectivity index (χ2v) is 5.32. The van der Waals surface area contributed by atoms with Crippen LogP contribution in [0, 0.1) is 5.41 Å². The molecule has 3 N–H and O–H groups in total. The molecule has 0 fully saturated rings. The maximum Gasteiger partial charge on any atom is 0.230 e. The minimum absolute atomic E-state index is 0.00107. The Bertz CT molecular complexity index is 694. The van der Waals surface area contributed by atoms with E-state index < -0.39 is 0 Å². The quantitative estimate of drug-likeness (QED) is 0.667. The van der Waals surface area contributed by atoms with Gasteiger partial charge in [-0.2, -0.15) is 0 Å². The van der Waals surface area contributed by atoms with Gasteiger partial charge in [0.2, 0.25) is 5.88 Å². The van der Waals surface area contributed by atoms with Crippen molar-refractivity contribution >= 4 is 5.84 Å². The van der Waals surface area contributed by atoms with Gasteiger partial charge in [-0.15, -0.1) is 0 Å². The first-order valence-electron chi connectivity index (χ1n) is 7.31. The number of benzene rings is 1. The molecule has 0 amide bonds. The lowest BCUT2D eigenvalue weighted by Gasteiger charge is -2.12. The third-order valence-electron chi connectivity index (χ3n) is 3.83. The van der Waals surface area contributed by atoms with Gasteiger partial charge in [0.05, 0.1) is 5.56 Å². The molecule has 0 aliphatic heterocycles. The number of nitrogen functional groups attached to an aromatic ring is 1. The molecule has 0 unspecified atom stereocenters. The van der Waals surface area contributed by atoms with Crippen LogP contribution in [0.2, 0.25) is 0 Å². The molecule has 21 heavy (non-hydrogen) atoms. The first-order valence-corrected chi connectivity index (χ1v) is 7.31. The van der Waals surface area contributed by atoms with Gasteiger partial charge in [0.25, 0.3) is 0 Å². The number of hydrogen-bond acceptors (Lipinski definition) is 3. The monoisotopic (exact) mass is 281 g/mol. The van der Waals surface area contributed by atoms with Crippen molar-refractivity contribution in [1.82, 2.24) is 4.98 Å². The van der Waals surface area contributed by atoms with E-state index in [1.54, 1.807) is 0 Å². The molecule has 0 bridgehead atoms. The predicted molar refractivity (Wildman–Crippen MR) is 83.2 cm³/mol. The fourth-order valence-electron chi connectivity index (χ4n) is 2.66. The summed E-state index contributed by atoms with van der Waals surface area (Å²) in [7, 11) is 0.